The number of ether oxygens (including phenoxy) is 1. The van der Waals surface area contributed by atoms with Crippen LogP contribution in [0.2, 0.25) is 0 Å². The Hall–Kier alpha value is -2.57. The predicted octanol–water partition coefficient (Wildman–Crippen LogP) is 2.00. The van der Waals surface area contributed by atoms with Gasteiger partial charge in [0.2, 0.25) is 5.70 Å². The van der Waals surface area contributed by atoms with Crippen LogP contribution in [0.25, 0.3) is 0 Å². The zero-order valence-corrected chi connectivity index (χ0v) is 10.6. The molecule has 1 rings (SSSR count). The molecule has 0 amide bonds. The topological polar surface area (TPSA) is 106 Å². The molecule has 1 aromatic rings. The van der Waals surface area contributed by atoms with Gasteiger partial charge in [-0.25, -0.2) is 4.79 Å². The zero-order chi connectivity index (χ0) is 14.7. The Morgan fingerprint density at radius 1 is 1.47 bits per heavy atom. The number of carbonyl (C=O) groups excluding carboxylic acids is 2. The zero-order valence-electron chi connectivity index (χ0n) is 10.6. The fraction of sp³-hybridized carbons (Fsp3) is 0.250. The molecule has 0 aliphatic heterocycles. The van der Waals surface area contributed by atoms with Crippen LogP contribution in [0.4, 0.5) is 0 Å². The van der Waals surface area contributed by atoms with Crippen molar-refractivity contribution in [1.82, 2.24) is 4.98 Å². The standard InChI is InChI=1S/C6H9NO4.C6H5NO/c1-3-11-6(9)5(7-10)4(2)8;8-5-6-1-3-7-4-2-6/h8H,3H2,1-2H3;1-5H/b5-4+;. The summed E-state index contributed by atoms with van der Waals surface area (Å²) in [5.41, 5.74) is 0.0897. The van der Waals surface area contributed by atoms with Crippen LogP contribution in [-0.2, 0) is 9.53 Å². The molecular weight excluding hydrogens is 252 g/mol. The predicted molar refractivity (Wildman–Crippen MR) is 67.4 cm³/mol. The van der Waals surface area contributed by atoms with Crippen molar-refractivity contribution in [2.24, 2.45) is 5.18 Å². The molecule has 0 aliphatic rings. The smallest absolute Gasteiger partial charge is 0.364 e. The average Bonchev–Trinajstić information content (AvgIpc) is 2.41. The molecule has 0 saturated heterocycles. The molecule has 0 aliphatic carbocycles. The molecule has 0 bridgehead atoms. The summed E-state index contributed by atoms with van der Waals surface area (Å²) in [6.07, 6.45) is 3.97. The first-order valence-electron chi connectivity index (χ1n) is 5.32. The minimum absolute atomic E-state index is 0.144. The third-order valence-corrected chi connectivity index (χ3v) is 1.74. The lowest BCUT2D eigenvalue weighted by Gasteiger charge is -1.98. The van der Waals surface area contributed by atoms with Crippen molar-refractivity contribution in [3.8, 4) is 0 Å². The number of allylic oxidation sites excluding steroid dienone is 1. The van der Waals surface area contributed by atoms with Gasteiger partial charge in [-0.2, -0.15) is 0 Å². The maximum atomic E-state index is 10.7. The quantitative estimate of drug-likeness (QED) is 0.294. The number of hydrogen-bond donors (Lipinski definition) is 1. The van der Waals surface area contributed by atoms with Crippen LogP contribution in [0.3, 0.4) is 0 Å². The molecule has 1 aromatic heterocycles. The fourth-order valence-corrected chi connectivity index (χ4v) is 0.892. The second kappa shape index (κ2) is 9.46. The van der Waals surface area contributed by atoms with Crippen LogP contribution in [0.5, 0.6) is 0 Å². The lowest BCUT2D eigenvalue weighted by atomic mass is 10.3. The molecule has 102 valence electrons. The van der Waals surface area contributed by atoms with E-state index in [-0.39, 0.29) is 6.61 Å². The molecule has 0 atom stereocenters. The molecule has 1 heterocycles. The van der Waals surface area contributed by atoms with E-state index in [4.69, 9.17) is 5.11 Å². The maximum Gasteiger partial charge on any atom is 0.364 e. The van der Waals surface area contributed by atoms with Gasteiger partial charge in [-0.1, -0.05) is 0 Å². The van der Waals surface area contributed by atoms with Crippen molar-refractivity contribution >= 4 is 12.3 Å². The van der Waals surface area contributed by atoms with E-state index in [1.54, 1.807) is 31.5 Å². The molecule has 7 nitrogen and oxygen atoms in total. The van der Waals surface area contributed by atoms with E-state index in [9.17, 15) is 14.5 Å². The minimum atomic E-state index is -0.900. The SMILES string of the molecule is CCOC(=O)/C(N=O)=C(/C)O.O=Cc1ccncc1. The van der Waals surface area contributed by atoms with Crippen molar-refractivity contribution in [3.05, 3.63) is 46.5 Å². The van der Waals surface area contributed by atoms with Crippen molar-refractivity contribution in [2.75, 3.05) is 6.61 Å². The highest BCUT2D eigenvalue weighted by Crippen LogP contribution is 2.04. The number of nitrogens with zero attached hydrogens (tertiary/aromatic N) is 2. The fourth-order valence-electron chi connectivity index (χ4n) is 0.892. The summed E-state index contributed by atoms with van der Waals surface area (Å²) >= 11 is 0. The molecule has 0 aromatic carbocycles. The number of esters is 1. The second-order valence-corrected chi connectivity index (χ2v) is 3.14. The number of pyridine rings is 1. The largest absolute Gasteiger partial charge is 0.510 e. The van der Waals surface area contributed by atoms with Gasteiger partial charge in [-0.15, -0.1) is 4.91 Å². The first-order chi connectivity index (χ1) is 9.06. The molecule has 19 heavy (non-hydrogen) atoms. The highest BCUT2D eigenvalue weighted by Gasteiger charge is 2.14. The summed E-state index contributed by atoms with van der Waals surface area (Å²) in [6.45, 7) is 2.92. The van der Waals surface area contributed by atoms with Gasteiger partial charge in [0.05, 0.1) is 6.61 Å². The number of aldehydes is 1. The lowest BCUT2D eigenvalue weighted by molar-refractivity contribution is -0.138. The van der Waals surface area contributed by atoms with Crippen LogP contribution in [0, 0.1) is 4.91 Å². The Morgan fingerprint density at radius 3 is 2.37 bits per heavy atom. The lowest BCUT2D eigenvalue weighted by Crippen LogP contribution is -2.07. The Labute approximate surface area is 109 Å². The summed E-state index contributed by atoms with van der Waals surface area (Å²) in [5.74, 6) is -1.33. The van der Waals surface area contributed by atoms with E-state index in [1.165, 1.54) is 6.92 Å². The number of rotatable bonds is 4. The molecular formula is C12H14N2O5. The Morgan fingerprint density at radius 2 is 2.05 bits per heavy atom. The average molecular weight is 266 g/mol. The first-order valence-corrected chi connectivity index (χ1v) is 5.32. The summed E-state index contributed by atoms with van der Waals surface area (Å²) in [7, 11) is 0. The highest BCUT2D eigenvalue weighted by atomic mass is 16.5. The first kappa shape index (κ1) is 16.4. The second-order valence-electron chi connectivity index (χ2n) is 3.14. The van der Waals surface area contributed by atoms with Gasteiger partial charge >= 0.3 is 5.97 Å². The van der Waals surface area contributed by atoms with Crippen LogP contribution >= 0.6 is 0 Å². The van der Waals surface area contributed by atoms with E-state index in [0.29, 0.717) is 5.56 Å². The summed E-state index contributed by atoms with van der Waals surface area (Å²) in [4.78, 5) is 34.3. The molecule has 7 heteroatoms. The normalized spacial score (nSPS) is 10.4. The number of aromatic nitrogens is 1. The van der Waals surface area contributed by atoms with E-state index in [1.807, 2.05) is 0 Å². The Balaban J connectivity index is 0.000000356. The van der Waals surface area contributed by atoms with Gasteiger partial charge in [-0.05, 0) is 31.2 Å². The van der Waals surface area contributed by atoms with E-state index in [2.05, 4.69) is 14.9 Å². The summed E-state index contributed by atoms with van der Waals surface area (Å²) < 4.78 is 4.41. The van der Waals surface area contributed by atoms with Gasteiger partial charge in [-0.3, -0.25) is 9.78 Å². The number of carbonyl (C=O) groups is 2. The minimum Gasteiger partial charge on any atom is -0.510 e. The molecule has 0 spiro atoms. The number of aliphatic hydroxyl groups excluding tert-OH is 1. The monoisotopic (exact) mass is 266 g/mol. The van der Waals surface area contributed by atoms with Gasteiger partial charge in [0.25, 0.3) is 0 Å². The molecule has 1 N–H and O–H groups in total. The highest BCUT2D eigenvalue weighted by molar-refractivity contribution is 5.88. The molecule has 0 radical (unpaired) electrons. The maximum absolute atomic E-state index is 10.7. The number of aliphatic hydroxyl groups is 1. The van der Waals surface area contributed by atoms with E-state index < -0.39 is 17.4 Å². The Kier molecular flexibility index (Phi) is 8.18. The van der Waals surface area contributed by atoms with E-state index in [0.717, 1.165) is 6.29 Å². The van der Waals surface area contributed by atoms with Gasteiger partial charge in [0, 0.05) is 18.0 Å². The number of nitroso groups, excluding NO2 is 1. The molecule has 0 saturated carbocycles. The van der Waals surface area contributed by atoms with Crippen molar-refractivity contribution < 1.29 is 19.4 Å². The van der Waals surface area contributed by atoms with Crippen molar-refractivity contribution in [2.45, 2.75) is 13.8 Å². The van der Waals surface area contributed by atoms with Crippen molar-refractivity contribution in [1.29, 1.82) is 0 Å². The third-order valence-electron chi connectivity index (χ3n) is 1.74. The van der Waals surface area contributed by atoms with Crippen molar-refractivity contribution in [3.63, 3.8) is 0 Å². The van der Waals surface area contributed by atoms with Gasteiger partial charge in [0.1, 0.15) is 12.0 Å². The summed E-state index contributed by atoms with van der Waals surface area (Å²) in [5, 5.41) is 11.0. The molecule has 0 unspecified atom stereocenters. The number of hydrogen-bond acceptors (Lipinski definition) is 7. The third kappa shape index (κ3) is 6.67. The van der Waals surface area contributed by atoms with Crippen LogP contribution in [0.15, 0.2) is 41.2 Å². The van der Waals surface area contributed by atoms with Crippen LogP contribution < -0.4 is 0 Å². The summed E-state index contributed by atoms with van der Waals surface area (Å²) in [6, 6.07) is 3.32. The van der Waals surface area contributed by atoms with Gasteiger partial charge < -0.3 is 9.84 Å². The Bertz CT molecular complexity index is 452. The molecule has 0 fully saturated rings. The van der Waals surface area contributed by atoms with E-state index >= 15 is 0 Å². The van der Waals surface area contributed by atoms with Crippen LogP contribution in [0.1, 0.15) is 24.2 Å². The van der Waals surface area contributed by atoms with Gasteiger partial charge in [0.15, 0.2) is 0 Å². The van der Waals surface area contributed by atoms with Crippen LogP contribution in [-0.4, -0.2) is 29.0 Å².